The first-order chi connectivity index (χ1) is 8.15. The molecule has 0 aliphatic rings. The molecule has 0 amide bonds. The number of halogens is 1. The number of aromatic nitrogens is 3. The van der Waals surface area contributed by atoms with Crippen molar-refractivity contribution in [3.8, 4) is 5.75 Å². The van der Waals surface area contributed by atoms with Crippen LogP contribution in [-0.2, 0) is 0 Å². The van der Waals surface area contributed by atoms with E-state index < -0.39 is 0 Å². The Balaban J connectivity index is 2.10. The number of nitrogens with one attached hydrogen (secondary N) is 3. The van der Waals surface area contributed by atoms with E-state index in [4.69, 9.17) is 23.8 Å². The van der Waals surface area contributed by atoms with Crippen molar-refractivity contribution in [1.82, 2.24) is 15.2 Å². The molecule has 0 saturated heterocycles. The van der Waals surface area contributed by atoms with Gasteiger partial charge in [-0.15, -0.1) is 0 Å². The van der Waals surface area contributed by atoms with Gasteiger partial charge in [0.1, 0.15) is 5.75 Å². The van der Waals surface area contributed by atoms with Gasteiger partial charge in [0.2, 0.25) is 10.7 Å². The fourth-order valence-corrected chi connectivity index (χ4v) is 1.44. The van der Waals surface area contributed by atoms with Crippen molar-refractivity contribution in [1.29, 1.82) is 0 Å². The number of hydrogen-bond acceptors (Lipinski definition) is 5. The molecule has 8 heteroatoms. The first-order valence-electron chi connectivity index (χ1n) is 4.57. The Kier molecular flexibility index (Phi) is 3.40. The van der Waals surface area contributed by atoms with E-state index in [1.54, 1.807) is 12.1 Å². The summed E-state index contributed by atoms with van der Waals surface area (Å²) in [5, 5.41) is 19.2. The predicted molar refractivity (Wildman–Crippen MR) is 68.1 cm³/mol. The molecule has 0 fully saturated rings. The lowest BCUT2D eigenvalue weighted by Gasteiger charge is -1.98. The third kappa shape index (κ3) is 3.05. The zero-order valence-electron chi connectivity index (χ0n) is 8.44. The van der Waals surface area contributed by atoms with E-state index in [2.05, 4.69) is 25.7 Å². The molecule has 0 bridgehead atoms. The first-order valence-corrected chi connectivity index (χ1v) is 5.36. The highest BCUT2D eigenvalue weighted by Crippen LogP contribution is 2.19. The molecule has 0 radical (unpaired) electrons. The third-order valence-corrected chi connectivity index (χ3v) is 2.29. The van der Waals surface area contributed by atoms with Crippen molar-refractivity contribution in [2.75, 3.05) is 5.43 Å². The van der Waals surface area contributed by atoms with E-state index in [0.29, 0.717) is 21.3 Å². The monoisotopic (exact) mass is 269 g/mol. The van der Waals surface area contributed by atoms with E-state index in [1.807, 2.05) is 0 Å². The van der Waals surface area contributed by atoms with Gasteiger partial charge in [-0.25, -0.2) is 5.43 Å². The molecule has 0 saturated carbocycles. The van der Waals surface area contributed by atoms with Crippen LogP contribution in [0, 0.1) is 4.77 Å². The molecule has 6 nitrogen and oxygen atoms in total. The van der Waals surface area contributed by atoms with Crippen molar-refractivity contribution in [2.45, 2.75) is 0 Å². The van der Waals surface area contributed by atoms with Crippen molar-refractivity contribution in [2.24, 2.45) is 5.10 Å². The Morgan fingerprint density at radius 2 is 2.29 bits per heavy atom. The van der Waals surface area contributed by atoms with Crippen molar-refractivity contribution in [3.05, 3.63) is 33.6 Å². The summed E-state index contributed by atoms with van der Waals surface area (Å²) in [6.07, 6.45) is 1.42. The van der Waals surface area contributed by atoms with Gasteiger partial charge in [-0.1, -0.05) is 11.6 Å². The van der Waals surface area contributed by atoms with Crippen LogP contribution in [0.25, 0.3) is 0 Å². The molecule has 0 atom stereocenters. The standard InChI is InChI=1S/C9H8ClN5OS/c10-6-1-2-7(16)5(3-6)4-11-13-8-12-9(17)15-14-8/h1-4,16H,(H3,12,13,14,15,17)/b11-4+. The molecular weight excluding hydrogens is 262 g/mol. The Morgan fingerprint density at radius 3 is 3.00 bits per heavy atom. The summed E-state index contributed by atoms with van der Waals surface area (Å²) in [4.78, 5) is 3.87. The minimum absolute atomic E-state index is 0.0925. The van der Waals surface area contributed by atoms with E-state index in [0.717, 1.165) is 0 Å². The van der Waals surface area contributed by atoms with Crippen LogP contribution in [0.1, 0.15) is 5.56 Å². The third-order valence-electron chi connectivity index (χ3n) is 1.86. The quantitative estimate of drug-likeness (QED) is 0.391. The van der Waals surface area contributed by atoms with Gasteiger partial charge in [0.25, 0.3) is 0 Å². The maximum atomic E-state index is 9.51. The predicted octanol–water partition coefficient (Wildman–Crippen LogP) is 2.27. The molecule has 0 unspecified atom stereocenters. The number of benzene rings is 1. The fourth-order valence-electron chi connectivity index (χ4n) is 1.11. The van der Waals surface area contributed by atoms with Crippen LogP contribution < -0.4 is 5.43 Å². The lowest BCUT2D eigenvalue weighted by atomic mass is 10.2. The van der Waals surface area contributed by atoms with Gasteiger partial charge < -0.3 is 5.11 Å². The molecular formula is C9H8ClN5OS. The average molecular weight is 270 g/mol. The maximum absolute atomic E-state index is 9.51. The number of H-pyrrole nitrogens is 2. The van der Waals surface area contributed by atoms with Gasteiger partial charge in [-0.3, -0.25) is 10.2 Å². The topological polar surface area (TPSA) is 89.1 Å². The molecule has 2 rings (SSSR count). The van der Waals surface area contributed by atoms with E-state index >= 15 is 0 Å². The summed E-state index contributed by atoms with van der Waals surface area (Å²) in [7, 11) is 0. The minimum atomic E-state index is 0.0925. The zero-order valence-corrected chi connectivity index (χ0v) is 10.0. The van der Waals surface area contributed by atoms with Crippen LogP contribution in [-0.4, -0.2) is 26.5 Å². The van der Waals surface area contributed by atoms with Gasteiger partial charge in [0.05, 0.1) is 6.21 Å². The Morgan fingerprint density at radius 1 is 1.47 bits per heavy atom. The summed E-state index contributed by atoms with van der Waals surface area (Å²) in [6.45, 7) is 0. The largest absolute Gasteiger partial charge is 0.507 e. The van der Waals surface area contributed by atoms with Crippen LogP contribution in [0.4, 0.5) is 5.95 Å². The lowest BCUT2D eigenvalue weighted by Crippen LogP contribution is -1.92. The molecule has 1 heterocycles. The summed E-state index contributed by atoms with van der Waals surface area (Å²) in [6, 6.07) is 4.67. The van der Waals surface area contributed by atoms with E-state index in [1.165, 1.54) is 12.3 Å². The molecule has 4 N–H and O–H groups in total. The highest BCUT2D eigenvalue weighted by Gasteiger charge is 1.98. The van der Waals surface area contributed by atoms with E-state index in [-0.39, 0.29) is 5.75 Å². The SMILES string of the molecule is Oc1ccc(Cl)cc1/C=N/Nc1nc(=S)[nH][nH]1. The molecule has 2 aromatic rings. The van der Waals surface area contributed by atoms with Gasteiger partial charge in [0, 0.05) is 10.6 Å². The summed E-state index contributed by atoms with van der Waals surface area (Å²) >= 11 is 10.6. The van der Waals surface area contributed by atoms with Crippen LogP contribution in [0.15, 0.2) is 23.3 Å². The van der Waals surface area contributed by atoms with Crippen molar-refractivity contribution >= 4 is 36.0 Å². The molecule has 17 heavy (non-hydrogen) atoms. The Hall–Kier alpha value is -1.86. The summed E-state index contributed by atoms with van der Waals surface area (Å²) in [5.41, 5.74) is 3.11. The number of rotatable bonds is 3. The number of phenols is 1. The molecule has 0 aliphatic heterocycles. The van der Waals surface area contributed by atoms with Crippen LogP contribution in [0.3, 0.4) is 0 Å². The smallest absolute Gasteiger partial charge is 0.238 e. The molecule has 0 aliphatic carbocycles. The zero-order chi connectivity index (χ0) is 12.3. The minimum Gasteiger partial charge on any atom is -0.507 e. The van der Waals surface area contributed by atoms with Crippen molar-refractivity contribution in [3.63, 3.8) is 0 Å². The van der Waals surface area contributed by atoms with Crippen LogP contribution >= 0.6 is 23.8 Å². The summed E-state index contributed by atoms with van der Waals surface area (Å²) < 4.78 is 0.327. The number of anilines is 1. The highest BCUT2D eigenvalue weighted by atomic mass is 35.5. The number of phenolic OH excluding ortho intramolecular Hbond substituents is 1. The number of hydrazone groups is 1. The average Bonchev–Trinajstić information content (AvgIpc) is 2.69. The number of nitrogens with zero attached hydrogens (tertiary/aromatic N) is 2. The fraction of sp³-hybridized carbons (Fsp3) is 0. The van der Waals surface area contributed by atoms with Gasteiger partial charge in [0.15, 0.2) is 0 Å². The second-order valence-electron chi connectivity index (χ2n) is 3.09. The molecule has 88 valence electrons. The maximum Gasteiger partial charge on any atom is 0.238 e. The Bertz CT molecular complexity index is 605. The van der Waals surface area contributed by atoms with Crippen molar-refractivity contribution < 1.29 is 5.11 Å². The summed E-state index contributed by atoms with van der Waals surface area (Å²) in [5.74, 6) is 0.475. The van der Waals surface area contributed by atoms with Crippen LogP contribution in [0.2, 0.25) is 5.02 Å². The van der Waals surface area contributed by atoms with Gasteiger partial charge in [-0.2, -0.15) is 10.1 Å². The normalized spacial score (nSPS) is 10.9. The molecule has 1 aromatic carbocycles. The highest BCUT2D eigenvalue weighted by molar-refractivity contribution is 7.71. The first kappa shape index (κ1) is 11.6. The van der Waals surface area contributed by atoms with Gasteiger partial charge >= 0.3 is 0 Å². The number of hydrogen-bond donors (Lipinski definition) is 4. The lowest BCUT2D eigenvalue weighted by molar-refractivity contribution is 0.474. The second-order valence-corrected chi connectivity index (χ2v) is 3.91. The second kappa shape index (κ2) is 4.98. The molecule has 1 aromatic heterocycles. The Labute approximate surface area is 106 Å². The van der Waals surface area contributed by atoms with Gasteiger partial charge in [-0.05, 0) is 30.4 Å². The van der Waals surface area contributed by atoms with Crippen LogP contribution in [0.5, 0.6) is 5.75 Å². The molecule has 0 spiro atoms. The van der Waals surface area contributed by atoms with E-state index in [9.17, 15) is 5.11 Å². The number of aromatic amines is 2. The number of aromatic hydroxyl groups is 1.